The van der Waals surface area contributed by atoms with E-state index in [1.54, 1.807) is 12.1 Å². The van der Waals surface area contributed by atoms with Crippen molar-refractivity contribution in [2.24, 2.45) is 0 Å². The normalized spacial score (nSPS) is 11.5. The van der Waals surface area contributed by atoms with E-state index in [9.17, 15) is 4.39 Å². The van der Waals surface area contributed by atoms with E-state index < -0.39 is 0 Å². The van der Waals surface area contributed by atoms with Crippen LogP contribution in [0.25, 0.3) is 0 Å². The maximum atomic E-state index is 13.0. The molecule has 0 aliphatic rings. The second-order valence-corrected chi connectivity index (χ2v) is 10.0. The van der Waals surface area contributed by atoms with E-state index in [4.69, 9.17) is 0 Å². The third kappa shape index (κ3) is 7.20. The molecule has 0 bridgehead atoms. The summed E-state index contributed by atoms with van der Waals surface area (Å²) in [5, 5.41) is 1.77. The summed E-state index contributed by atoms with van der Waals surface area (Å²) in [5.41, 5.74) is 0. The summed E-state index contributed by atoms with van der Waals surface area (Å²) in [4.78, 5) is 0. The van der Waals surface area contributed by atoms with Crippen LogP contribution in [0.1, 0.15) is 41.5 Å². The second kappa shape index (κ2) is 8.74. The number of hydrogen-bond acceptors (Lipinski definition) is 0. The van der Waals surface area contributed by atoms with E-state index in [1.165, 1.54) is 5.30 Å². The van der Waals surface area contributed by atoms with Gasteiger partial charge in [-0.25, -0.2) is 4.39 Å². The first kappa shape index (κ1) is 21.8. The molecule has 1 rings (SSSR count). The first-order chi connectivity index (χ1) is 8.12. The fourth-order valence-corrected chi connectivity index (χ4v) is 6.38. The third-order valence-electron chi connectivity index (χ3n) is 2.43. The largest absolute Gasteiger partial charge is 0.352 e. The van der Waals surface area contributed by atoms with Gasteiger partial charge in [-0.1, -0.05) is 61.6 Å². The van der Waals surface area contributed by atoms with Crippen molar-refractivity contribution in [2.45, 2.75) is 51.9 Å². The molecule has 0 saturated heterocycles. The summed E-state index contributed by atoms with van der Waals surface area (Å²) in [6.45, 7) is 13.6. The Morgan fingerprint density at radius 1 is 0.895 bits per heavy atom. The zero-order valence-corrected chi connectivity index (χ0v) is 15.7. The van der Waals surface area contributed by atoms with Gasteiger partial charge in [0.25, 0.3) is 0 Å². The van der Waals surface area contributed by atoms with Gasteiger partial charge in [-0.3, -0.25) is 6.38 Å². The molecular weight excluding hydrogens is 372 g/mol. The van der Waals surface area contributed by atoms with Gasteiger partial charge in [0.05, 0.1) is 0 Å². The van der Waals surface area contributed by atoms with Crippen LogP contribution < -0.4 is 5.30 Å². The van der Waals surface area contributed by atoms with E-state index in [2.05, 4.69) is 59.5 Å². The van der Waals surface area contributed by atoms with Crippen LogP contribution in [0.2, 0.25) is 0 Å². The minimum atomic E-state index is -0.317. The quantitative estimate of drug-likeness (QED) is 0.332. The van der Waals surface area contributed by atoms with Gasteiger partial charge < -0.3 is 11.6 Å². The molecule has 0 aliphatic carbocycles. The molecule has 0 aromatic heterocycles. The van der Waals surface area contributed by atoms with Crippen molar-refractivity contribution in [2.75, 3.05) is 0 Å². The molecule has 0 amide bonds. The van der Waals surface area contributed by atoms with E-state index in [-0.39, 0.29) is 44.5 Å². The Morgan fingerprint density at radius 3 is 1.47 bits per heavy atom. The fourth-order valence-electron chi connectivity index (χ4n) is 2.37. The van der Waals surface area contributed by atoms with Gasteiger partial charge in [-0.2, -0.15) is 0 Å². The molecule has 0 heterocycles. The van der Waals surface area contributed by atoms with E-state index in [0.29, 0.717) is 0 Å². The van der Waals surface area contributed by atoms with Crippen LogP contribution in [-0.2, 0) is 20.4 Å². The third-order valence-corrected chi connectivity index (χ3v) is 5.92. The second-order valence-electron chi connectivity index (χ2n) is 6.15. The molecule has 0 saturated carbocycles. The Morgan fingerprint density at radius 2 is 1.21 bits per heavy atom. The van der Waals surface area contributed by atoms with Crippen LogP contribution in [-0.4, -0.2) is 10.3 Å². The van der Waals surface area contributed by atoms with Gasteiger partial charge in [0.2, 0.25) is 0 Å². The number of hydrogen-bond donors (Lipinski definition) is 0. The monoisotopic (exact) mass is 395 g/mol. The van der Waals surface area contributed by atoms with E-state index in [0.717, 1.165) is 0 Å². The molecule has 0 atom stereocenters. The predicted molar refractivity (Wildman–Crippen MR) is 83.7 cm³/mol. The first-order valence-corrected chi connectivity index (χ1v) is 7.82. The molecule has 19 heavy (non-hydrogen) atoms. The summed E-state index contributed by atoms with van der Waals surface area (Å²) >= 11 is 4.39. The molecule has 0 spiro atoms. The maximum absolute atomic E-state index is 13.0. The van der Waals surface area contributed by atoms with Crippen LogP contribution in [0.15, 0.2) is 24.3 Å². The van der Waals surface area contributed by atoms with Crippen molar-refractivity contribution in [1.82, 2.24) is 0 Å². The van der Waals surface area contributed by atoms with Crippen molar-refractivity contribution in [3.05, 3.63) is 36.5 Å². The summed E-state index contributed by atoms with van der Waals surface area (Å²) in [7, 11) is -0.317. The molecule has 1 aromatic rings. The Hall–Kier alpha value is 0.532. The number of benzene rings is 1. The zero-order valence-electron chi connectivity index (χ0n) is 12.5. The van der Waals surface area contributed by atoms with E-state index in [1.807, 2.05) is 12.1 Å². The smallest absolute Gasteiger partial charge is 0.123 e. The van der Waals surface area contributed by atoms with Crippen molar-refractivity contribution in [3.8, 4) is 0 Å². The molecule has 0 unspecified atom stereocenters. The van der Waals surface area contributed by atoms with Crippen LogP contribution >= 0.6 is 19.5 Å². The summed E-state index contributed by atoms with van der Waals surface area (Å²) in [5.74, 6) is -0.151. The molecule has 0 fully saturated rings. The van der Waals surface area contributed by atoms with Gasteiger partial charge in [0, 0.05) is 20.4 Å². The minimum absolute atomic E-state index is 0. The topological polar surface area (TPSA) is 0 Å². The van der Waals surface area contributed by atoms with Gasteiger partial charge in [0.15, 0.2) is 0 Å². The molecule has 114 valence electrons. The van der Waals surface area contributed by atoms with Crippen molar-refractivity contribution in [1.29, 1.82) is 0 Å². The minimum Gasteiger partial charge on any atom is -0.352 e. The Kier molecular flexibility index (Phi) is 10.0. The van der Waals surface area contributed by atoms with Gasteiger partial charge in [-0.15, -0.1) is 0 Å². The molecule has 0 aliphatic heterocycles. The van der Waals surface area contributed by atoms with Crippen molar-refractivity contribution < 1.29 is 24.8 Å². The number of rotatable bonds is 1. The van der Waals surface area contributed by atoms with E-state index >= 15 is 0 Å². The molecule has 1 aromatic carbocycles. The van der Waals surface area contributed by atoms with Crippen molar-refractivity contribution >= 4 is 24.8 Å². The van der Waals surface area contributed by atoms with Gasteiger partial charge in [-0.05, 0) is 27.7 Å². The average molecular weight is 396 g/mol. The summed E-state index contributed by atoms with van der Waals surface area (Å²) < 4.78 is 13.0. The fraction of sp³-hybridized carbons (Fsp3) is 0.533. The molecule has 0 N–H and O–H groups in total. The molecule has 4 heteroatoms. The first-order valence-electron chi connectivity index (χ1n) is 5.95. The summed E-state index contributed by atoms with van der Waals surface area (Å²) in [6, 6.07) is 7.03. The summed E-state index contributed by atoms with van der Waals surface area (Å²) in [6.07, 6.45) is 2.72. The Bertz CT molecular complexity index is 338. The molecule has 0 radical (unpaired) electrons. The van der Waals surface area contributed by atoms with Crippen molar-refractivity contribution in [3.63, 3.8) is 0 Å². The zero-order chi connectivity index (χ0) is 14.6. The molecule has 0 nitrogen and oxygen atoms in total. The van der Waals surface area contributed by atoms with Crippen LogP contribution in [0.4, 0.5) is 4.39 Å². The Labute approximate surface area is 137 Å². The SMILES string of the molecule is CC(C)(C)P(c1ccc(F)cc1)C(C)(C)C.[CH2-]Cl.[Pd]. The molecular formula is C15H24ClFPPd-. The maximum Gasteiger partial charge on any atom is 0.123 e. The predicted octanol–water partition coefficient (Wildman–Crippen LogP) is 5.54. The van der Waals surface area contributed by atoms with Gasteiger partial charge >= 0.3 is 0 Å². The number of halogens is 2. The standard InChI is InChI=1S/C14H22FP.CH2Cl.Pd/c1-13(2,3)16(14(4,5)6)12-9-7-11(15)8-10-12;1-2;/h7-10H,1-6H3;1H2;/q;-1;. The Balaban J connectivity index is 0. The average Bonchev–Trinajstić information content (AvgIpc) is 2.20. The van der Waals surface area contributed by atoms with Gasteiger partial charge in [0.1, 0.15) is 5.82 Å². The van der Waals surface area contributed by atoms with Crippen LogP contribution in [0, 0.1) is 12.2 Å². The van der Waals surface area contributed by atoms with Crippen LogP contribution in [0.5, 0.6) is 0 Å². The van der Waals surface area contributed by atoms with Crippen LogP contribution in [0.3, 0.4) is 0 Å².